The first kappa shape index (κ1) is 14.8. The van der Waals surface area contributed by atoms with Crippen LogP contribution in [-0.2, 0) is 11.2 Å². The van der Waals surface area contributed by atoms with Gasteiger partial charge in [0.05, 0.1) is 19.3 Å². The van der Waals surface area contributed by atoms with Gasteiger partial charge >= 0.3 is 0 Å². The lowest BCUT2D eigenvalue weighted by Gasteiger charge is -2.45. The molecule has 0 saturated carbocycles. The quantitative estimate of drug-likeness (QED) is 0.898. The van der Waals surface area contributed by atoms with Gasteiger partial charge in [0.1, 0.15) is 5.75 Å². The van der Waals surface area contributed by atoms with Crippen molar-refractivity contribution in [3.63, 3.8) is 0 Å². The maximum absolute atomic E-state index is 6.15. The van der Waals surface area contributed by atoms with Gasteiger partial charge in [-0.25, -0.2) is 0 Å². The van der Waals surface area contributed by atoms with Crippen LogP contribution >= 0.6 is 0 Å². The van der Waals surface area contributed by atoms with Crippen molar-refractivity contribution >= 4 is 0 Å². The largest absolute Gasteiger partial charge is 0.497 e. The molecular weight excluding hydrogens is 264 g/mol. The van der Waals surface area contributed by atoms with E-state index in [0.717, 1.165) is 25.3 Å². The molecule has 0 aliphatic carbocycles. The smallest absolute Gasteiger partial charge is 0.118 e. The summed E-state index contributed by atoms with van der Waals surface area (Å²) in [4.78, 5) is 2.54. The Bertz CT molecular complexity index is 464. The summed E-state index contributed by atoms with van der Waals surface area (Å²) < 4.78 is 11.2. The Morgan fingerprint density at radius 3 is 2.38 bits per heavy atom. The maximum Gasteiger partial charge on any atom is 0.118 e. The fourth-order valence-corrected chi connectivity index (χ4v) is 3.55. The van der Waals surface area contributed by atoms with Gasteiger partial charge in [0.2, 0.25) is 0 Å². The third-order valence-corrected chi connectivity index (χ3v) is 4.99. The molecule has 21 heavy (non-hydrogen) atoms. The Hall–Kier alpha value is -1.10. The summed E-state index contributed by atoms with van der Waals surface area (Å²) in [6, 6.07) is 8.33. The normalized spacial score (nSPS) is 28.3. The Kier molecular flexibility index (Phi) is 4.20. The number of hydrogen-bond donors (Lipinski definition) is 1. The summed E-state index contributed by atoms with van der Waals surface area (Å²) in [6.45, 7) is 4.97. The number of fused-ring (bicyclic) bond motifs is 2. The van der Waals surface area contributed by atoms with Crippen LogP contribution in [0.5, 0.6) is 5.75 Å². The van der Waals surface area contributed by atoms with Gasteiger partial charge in [-0.15, -0.1) is 0 Å². The molecular formula is C17H26N2O2. The molecule has 2 fully saturated rings. The third kappa shape index (κ3) is 3.07. The molecule has 0 spiro atoms. The zero-order valence-electron chi connectivity index (χ0n) is 13.0. The second-order valence-electron chi connectivity index (χ2n) is 6.59. The van der Waals surface area contributed by atoms with Crippen LogP contribution < -0.4 is 10.5 Å². The molecule has 4 heteroatoms. The highest BCUT2D eigenvalue weighted by molar-refractivity contribution is 5.28. The fourth-order valence-electron chi connectivity index (χ4n) is 3.55. The summed E-state index contributed by atoms with van der Waals surface area (Å²) in [5.41, 5.74) is 7.45. The van der Waals surface area contributed by atoms with Crippen molar-refractivity contribution in [2.75, 3.05) is 26.7 Å². The Morgan fingerprint density at radius 2 is 1.86 bits per heavy atom. The molecule has 0 radical (unpaired) electrons. The second kappa shape index (κ2) is 5.95. The molecule has 3 rings (SSSR count). The molecule has 116 valence electrons. The van der Waals surface area contributed by atoms with E-state index in [0.29, 0.717) is 18.8 Å². The van der Waals surface area contributed by atoms with Crippen LogP contribution in [0.15, 0.2) is 24.3 Å². The Balaban J connectivity index is 1.72. The van der Waals surface area contributed by atoms with Crippen LogP contribution in [0.25, 0.3) is 0 Å². The summed E-state index contributed by atoms with van der Waals surface area (Å²) in [5, 5.41) is 0. The van der Waals surface area contributed by atoms with Gasteiger partial charge in [0.15, 0.2) is 0 Å². The van der Waals surface area contributed by atoms with E-state index < -0.39 is 0 Å². The molecule has 2 saturated heterocycles. The average Bonchev–Trinajstić information content (AvgIpc) is 2.86. The first-order valence-electron chi connectivity index (χ1n) is 7.86. The van der Waals surface area contributed by atoms with Crippen molar-refractivity contribution in [1.82, 2.24) is 4.90 Å². The molecule has 2 aliphatic heterocycles. The summed E-state index contributed by atoms with van der Waals surface area (Å²) in [5.74, 6) is 0.901. The number of likely N-dealkylation sites (tertiary alicyclic amines) is 1. The van der Waals surface area contributed by atoms with E-state index >= 15 is 0 Å². The zero-order valence-corrected chi connectivity index (χ0v) is 13.0. The van der Waals surface area contributed by atoms with Gasteiger partial charge < -0.3 is 15.2 Å². The average molecular weight is 290 g/mol. The fraction of sp³-hybridized carbons (Fsp3) is 0.647. The van der Waals surface area contributed by atoms with Crippen LogP contribution in [0, 0.1) is 0 Å². The van der Waals surface area contributed by atoms with Gasteiger partial charge in [-0.05, 0) is 43.9 Å². The van der Waals surface area contributed by atoms with Crippen molar-refractivity contribution in [2.24, 2.45) is 5.73 Å². The number of methoxy groups -OCH3 is 1. The van der Waals surface area contributed by atoms with E-state index in [-0.39, 0.29) is 5.54 Å². The predicted octanol–water partition coefficient (Wildman–Crippen LogP) is 1.82. The first-order chi connectivity index (χ1) is 10.1. The number of morpholine rings is 1. The van der Waals surface area contributed by atoms with Crippen LogP contribution in [0.2, 0.25) is 0 Å². The van der Waals surface area contributed by atoms with Crippen molar-refractivity contribution in [3.8, 4) is 5.75 Å². The topological polar surface area (TPSA) is 47.7 Å². The van der Waals surface area contributed by atoms with Crippen LogP contribution in [0.3, 0.4) is 0 Å². The SMILES string of the molecule is COc1ccc(CC(C)(CN)N2CC3CCC(C2)O3)cc1. The minimum Gasteiger partial charge on any atom is -0.497 e. The van der Waals surface area contributed by atoms with Gasteiger partial charge in [0, 0.05) is 25.2 Å². The van der Waals surface area contributed by atoms with Gasteiger partial charge in [-0.3, -0.25) is 4.90 Å². The number of hydrogen-bond acceptors (Lipinski definition) is 4. The molecule has 4 nitrogen and oxygen atoms in total. The lowest BCUT2D eigenvalue weighted by atomic mass is 9.90. The molecule has 0 amide bonds. The molecule has 0 aromatic heterocycles. The maximum atomic E-state index is 6.15. The molecule has 3 atom stereocenters. The summed E-state index contributed by atoms with van der Waals surface area (Å²) in [7, 11) is 1.70. The van der Waals surface area contributed by atoms with E-state index in [9.17, 15) is 0 Å². The standard InChI is InChI=1S/C17H26N2O2/c1-17(12-18,9-13-3-5-14(20-2)6-4-13)19-10-15-7-8-16(11-19)21-15/h3-6,15-16H,7-12,18H2,1-2H3. The van der Waals surface area contributed by atoms with Crippen molar-refractivity contribution < 1.29 is 9.47 Å². The first-order valence-corrected chi connectivity index (χ1v) is 7.86. The van der Waals surface area contributed by atoms with E-state index in [1.54, 1.807) is 7.11 Å². The second-order valence-corrected chi connectivity index (χ2v) is 6.59. The van der Waals surface area contributed by atoms with Gasteiger partial charge in [-0.2, -0.15) is 0 Å². The summed E-state index contributed by atoms with van der Waals surface area (Å²) in [6.07, 6.45) is 4.18. The van der Waals surface area contributed by atoms with E-state index in [2.05, 4.69) is 24.0 Å². The molecule has 1 aromatic rings. The van der Waals surface area contributed by atoms with Crippen LogP contribution in [-0.4, -0.2) is 49.4 Å². The zero-order chi connectivity index (χ0) is 14.9. The van der Waals surface area contributed by atoms with E-state index in [4.69, 9.17) is 15.2 Å². The number of nitrogens with zero attached hydrogens (tertiary/aromatic N) is 1. The third-order valence-electron chi connectivity index (χ3n) is 4.99. The number of benzene rings is 1. The number of rotatable bonds is 5. The highest BCUT2D eigenvalue weighted by Gasteiger charge is 2.41. The van der Waals surface area contributed by atoms with Crippen LogP contribution in [0.1, 0.15) is 25.3 Å². The summed E-state index contributed by atoms with van der Waals surface area (Å²) >= 11 is 0. The lowest BCUT2D eigenvalue weighted by Crippen LogP contribution is -2.59. The Morgan fingerprint density at radius 1 is 1.24 bits per heavy atom. The lowest BCUT2D eigenvalue weighted by molar-refractivity contribution is -0.0726. The van der Waals surface area contributed by atoms with Crippen molar-refractivity contribution in [1.29, 1.82) is 0 Å². The molecule has 2 N–H and O–H groups in total. The van der Waals surface area contributed by atoms with Crippen molar-refractivity contribution in [3.05, 3.63) is 29.8 Å². The van der Waals surface area contributed by atoms with E-state index in [1.165, 1.54) is 18.4 Å². The van der Waals surface area contributed by atoms with E-state index in [1.807, 2.05) is 12.1 Å². The molecule has 2 bridgehead atoms. The monoisotopic (exact) mass is 290 g/mol. The molecule has 2 heterocycles. The molecule has 2 aliphatic rings. The molecule has 3 unspecified atom stereocenters. The minimum atomic E-state index is -0.000785. The highest BCUT2D eigenvalue weighted by atomic mass is 16.5. The number of nitrogens with two attached hydrogens (primary N) is 1. The van der Waals surface area contributed by atoms with Gasteiger partial charge in [0.25, 0.3) is 0 Å². The molecule has 1 aromatic carbocycles. The van der Waals surface area contributed by atoms with Crippen LogP contribution in [0.4, 0.5) is 0 Å². The van der Waals surface area contributed by atoms with Crippen molar-refractivity contribution in [2.45, 2.75) is 43.9 Å². The highest BCUT2D eigenvalue weighted by Crippen LogP contribution is 2.32. The number of ether oxygens (including phenoxy) is 2. The minimum absolute atomic E-state index is 0.000785. The Labute approximate surface area is 127 Å². The van der Waals surface area contributed by atoms with Gasteiger partial charge in [-0.1, -0.05) is 12.1 Å². The predicted molar refractivity (Wildman–Crippen MR) is 83.6 cm³/mol.